The van der Waals surface area contributed by atoms with Crippen molar-refractivity contribution < 1.29 is 9.53 Å². The maximum Gasteiger partial charge on any atom is 0.164 e. The Morgan fingerprint density at radius 1 is 1.53 bits per heavy atom. The summed E-state index contributed by atoms with van der Waals surface area (Å²) in [6.07, 6.45) is 0.338. The van der Waals surface area contributed by atoms with E-state index in [2.05, 4.69) is 0 Å². The van der Waals surface area contributed by atoms with Crippen molar-refractivity contribution in [1.29, 1.82) is 0 Å². The maximum absolute atomic E-state index is 11.6. The quantitative estimate of drug-likeness (QED) is 0.803. The molecule has 0 atom stereocenters. The average Bonchev–Trinajstić information content (AvgIpc) is 2.22. The molecule has 0 radical (unpaired) electrons. The minimum absolute atomic E-state index is 0.00978. The number of ketones is 1. The van der Waals surface area contributed by atoms with Gasteiger partial charge in [-0.05, 0) is 31.2 Å². The highest BCUT2D eigenvalue weighted by molar-refractivity contribution is 6.33. The van der Waals surface area contributed by atoms with Crippen molar-refractivity contribution in [3.63, 3.8) is 0 Å². The molecule has 0 aliphatic heterocycles. The molecular formula is C11H14ClNO2. The fourth-order valence-corrected chi connectivity index (χ4v) is 1.51. The van der Waals surface area contributed by atoms with Crippen LogP contribution in [0.3, 0.4) is 0 Å². The van der Waals surface area contributed by atoms with E-state index in [-0.39, 0.29) is 5.78 Å². The fourth-order valence-electron chi connectivity index (χ4n) is 1.32. The lowest BCUT2D eigenvalue weighted by molar-refractivity contribution is 0.0985. The Morgan fingerprint density at radius 3 is 2.73 bits per heavy atom. The van der Waals surface area contributed by atoms with Gasteiger partial charge in [-0.15, -0.1) is 0 Å². The second-order valence-electron chi connectivity index (χ2n) is 3.27. The van der Waals surface area contributed by atoms with Gasteiger partial charge in [0.25, 0.3) is 0 Å². The first kappa shape index (κ1) is 12.0. The monoisotopic (exact) mass is 227 g/mol. The number of carbonyl (C=O) groups excluding carboxylic acids is 1. The summed E-state index contributed by atoms with van der Waals surface area (Å²) < 4.78 is 5.08. The maximum atomic E-state index is 11.6. The normalized spacial score (nSPS) is 10.1. The number of aryl methyl sites for hydroxylation is 1. The molecule has 0 saturated carbocycles. The van der Waals surface area contributed by atoms with E-state index in [1.54, 1.807) is 12.1 Å². The number of hydrogen-bond acceptors (Lipinski definition) is 3. The van der Waals surface area contributed by atoms with Crippen LogP contribution in [0.2, 0.25) is 5.02 Å². The number of carbonyl (C=O) groups is 1. The lowest BCUT2D eigenvalue weighted by Crippen LogP contribution is -2.08. The number of hydrogen-bond donors (Lipinski definition) is 1. The van der Waals surface area contributed by atoms with Crippen molar-refractivity contribution in [3.8, 4) is 5.75 Å². The van der Waals surface area contributed by atoms with Crippen molar-refractivity contribution in [2.24, 2.45) is 5.73 Å². The van der Waals surface area contributed by atoms with Crippen LogP contribution in [0, 0.1) is 6.92 Å². The predicted molar refractivity (Wildman–Crippen MR) is 60.7 cm³/mol. The Labute approximate surface area is 94.2 Å². The average molecular weight is 228 g/mol. The smallest absolute Gasteiger partial charge is 0.164 e. The SMILES string of the molecule is COc1cc(C(=O)CCN)cc(C)c1Cl. The van der Waals surface area contributed by atoms with E-state index in [9.17, 15) is 4.79 Å². The number of ether oxygens (including phenoxy) is 1. The molecule has 0 heterocycles. The van der Waals surface area contributed by atoms with Crippen molar-refractivity contribution in [3.05, 3.63) is 28.3 Å². The fraction of sp³-hybridized carbons (Fsp3) is 0.364. The molecule has 0 saturated heterocycles. The van der Waals surface area contributed by atoms with Crippen molar-refractivity contribution in [2.75, 3.05) is 13.7 Å². The van der Waals surface area contributed by atoms with Gasteiger partial charge in [-0.1, -0.05) is 11.6 Å². The van der Waals surface area contributed by atoms with Crippen LogP contribution in [0.4, 0.5) is 0 Å². The molecule has 0 fully saturated rings. The zero-order chi connectivity index (χ0) is 11.4. The highest BCUT2D eigenvalue weighted by Gasteiger charge is 2.11. The molecule has 0 unspecified atom stereocenters. The van der Waals surface area contributed by atoms with Crippen LogP contribution in [0.25, 0.3) is 0 Å². The molecular weight excluding hydrogens is 214 g/mol. The van der Waals surface area contributed by atoms with Gasteiger partial charge in [0.2, 0.25) is 0 Å². The van der Waals surface area contributed by atoms with Gasteiger partial charge in [0.05, 0.1) is 12.1 Å². The van der Waals surface area contributed by atoms with Gasteiger partial charge in [0.15, 0.2) is 5.78 Å². The van der Waals surface area contributed by atoms with Crippen LogP contribution in [-0.2, 0) is 0 Å². The van der Waals surface area contributed by atoms with E-state index in [0.717, 1.165) is 5.56 Å². The van der Waals surface area contributed by atoms with Crippen LogP contribution in [0.5, 0.6) is 5.75 Å². The summed E-state index contributed by atoms with van der Waals surface area (Å²) in [6, 6.07) is 3.40. The first-order valence-corrected chi connectivity index (χ1v) is 5.05. The minimum Gasteiger partial charge on any atom is -0.495 e. The van der Waals surface area contributed by atoms with E-state index < -0.39 is 0 Å². The Kier molecular flexibility index (Phi) is 4.12. The number of rotatable bonds is 4. The number of Topliss-reactive ketones (excluding diaryl/α,β-unsaturated/α-hetero) is 1. The third-order valence-corrected chi connectivity index (χ3v) is 2.62. The number of nitrogens with two attached hydrogens (primary N) is 1. The lowest BCUT2D eigenvalue weighted by atomic mass is 10.1. The van der Waals surface area contributed by atoms with E-state index in [4.69, 9.17) is 22.1 Å². The summed E-state index contributed by atoms with van der Waals surface area (Å²) in [5, 5.41) is 0.543. The van der Waals surface area contributed by atoms with Crippen molar-refractivity contribution >= 4 is 17.4 Å². The van der Waals surface area contributed by atoms with Crippen LogP contribution >= 0.6 is 11.6 Å². The summed E-state index contributed by atoms with van der Waals surface area (Å²) in [4.78, 5) is 11.6. The van der Waals surface area contributed by atoms with Crippen molar-refractivity contribution in [1.82, 2.24) is 0 Å². The van der Waals surface area contributed by atoms with Gasteiger partial charge in [-0.25, -0.2) is 0 Å². The van der Waals surface area contributed by atoms with E-state index in [0.29, 0.717) is 29.3 Å². The second-order valence-corrected chi connectivity index (χ2v) is 3.65. The molecule has 4 heteroatoms. The Balaban J connectivity index is 3.10. The Bertz CT molecular complexity index is 377. The van der Waals surface area contributed by atoms with Gasteiger partial charge in [-0.2, -0.15) is 0 Å². The summed E-state index contributed by atoms with van der Waals surface area (Å²) in [7, 11) is 1.53. The van der Waals surface area contributed by atoms with E-state index in [1.807, 2.05) is 6.92 Å². The zero-order valence-corrected chi connectivity index (χ0v) is 9.60. The number of benzene rings is 1. The molecule has 0 amide bonds. The molecule has 0 aliphatic carbocycles. The summed E-state index contributed by atoms with van der Waals surface area (Å²) in [5.74, 6) is 0.535. The first-order valence-electron chi connectivity index (χ1n) is 4.67. The van der Waals surface area contributed by atoms with Crippen LogP contribution < -0.4 is 10.5 Å². The first-order chi connectivity index (χ1) is 7.10. The third kappa shape index (κ3) is 2.70. The minimum atomic E-state index is 0.00978. The molecule has 0 aromatic heterocycles. The zero-order valence-electron chi connectivity index (χ0n) is 8.84. The van der Waals surface area contributed by atoms with Crippen LogP contribution in [0.1, 0.15) is 22.3 Å². The van der Waals surface area contributed by atoms with Crippen LogP contribution in [-0.4, -0.2) is 19.4 Å². The summed E-state index contributed by atoms with van der Waals surface area (Å²) >= 11 is 5.99. The predicted octanol–water partition coefficient (Wildman–Crippen LogP) is 2.19. The number of halogens is 1. The molecule has 0 bridgehead atoms. The van der Waals surface area contributed by atoms with Gasteiger partial charge >= 0.3 is 0 Å². The molecule has 15 heavy (non-hydrogen) atoms. The number of methoxy groups -OCH3 is 1. The molecule has 1 aromatic rings. The van der Waals surface area contributed by atoms with Gasteiger partial charge in [0.1, 0.15) is 5.75 Å². The third-order valence-electron chi connectivity index (χ3n) is 2.13. The lowest BCUT2D eigenvalue weighted by Gasteiger charge is -2.08. The summed E-state index contributed by atoms with van der Waals surface area (Å²) in [6.45, 7) is 2.19. The highest BCUT2D eigenvalue weighted by atomic mass is 35.5. The molecule has 2 N–H and O–H groups in total. The molecule has 82 valence electrons. The molecule has 1 rings (SSSR count). The second kappa shape index (κ2) is 5.14. The van der Waals surface area contributed by atoms with Gasteiger partial charge in [-0.3, -0.25) is 4.79 Å². The Morgan fingerprint density at radius 2 is 2.20 bits per heavy atom. The topological polar surface area (TPSA) is 52.3 Å². The van der Waals surface area contributed by atoms with Crippen molar-refractivity contribution in [2.45, 2.75) is 13.3 Å². The molecule has 3 nitrogen and oxygen atoms in total. The molecule has 0 spiro atoms. The van der Waals surface area contributed by atoms with Gasteiger partial charge in [0, 0.05) is 12.0 Å². The summed E-state index contributed by atoms with van der Waals surface area (Å²) in [5.41, 5.74) is 6.75. The molecule has 1 aromatic carbocycles. The Hall–Kier alpha value is -1.06. The van der Waals surface area contributed by atoms with E-state index >= 15 is 0 Å². The standard InChI is InChI=1S/C11H14ClNO2/c1-7-5-8(9(14)3-4-13)6-10(15-2)11(7)12/h5-6H,3-4,13H2,1-2H3. The van der Waals surface area contributed by atoms with Gasteiger partial charge < -0.3 is 10.5 Å². The van der Waals surface area contributed by atoms with Crippen LogP contribution in [0.15, 0.2) is 12.1 Å². The highest BCUT2D eigenvalue weighted by Crippen LogP contribution is 2.29. The molecule has 0 aliphatic rings. The largest absolute Gasteiger partial charge is 0.495 e. The van der Waals surface area contributed by atoms with E-state index in [1.165, 1.54) is 7.11 Å².